The monoisotopic (exact) mass is 408 g/mol. The van der Waals surface area contributed by atoms with Crippen LogP contribution in [0.15, 0.2) is 66.7 Å². The highest BCUT2D eigenvalue weighted by molar-refractivity contribution is 6.31. The van der Waals surface area contributed by atoms with E-state index in [0.717, 1.165) is 5.56 Å². The summed E-state index contributed by atoms with van der Waals surface area (Å²) >= 11 is 5.98. The topological polar surface area (TPSA) is 95.5 Å². The van der Waals surface area contributed by atoms with Gasteiger partial charge in [0, 0.05) is 22.0 Å². The summed E-state index contributed by atoms with van der Waals surface area (Å²) in [4.78, 5) is 36.4. The average molecular weight is 409 g/mol. The largest absolute Gasteiger partial charge is 0.478 e. The second kappa shape index (κ2) is 8.58. The first-order valence-electron chi connectivity index (χ1n) is 8.66. The van der Waals surface area contributed by atoms with Gasteiger partial charge in [0.25, 0.3) is 11.8 Å². The number of aromatic carboxylic acids is 1. The number of carboxylic acid groups (broad SMARTS) is 1. The van der Waals surface area contributed by atoms with Crippen LogP contribution in [0.25, 0.3) is 0 Å². The van der Waals surface area contributed by atoms with Gasteiger partial charge in [-0.15, -0.1) is 0 Å². The Hall–Kier alpha value is -3.64. The lowest BCUT2D eigenvalue weighted by molar-refractivity contribution is 0.0692. The van der Waals surface area contributed by atoms with Crippen LogP contribution in [0.2, 0.25) is 5.02 Å². The van der Waals surface area contributed by atoms with Gasteiger partial charge in [-0.25, -0.2) is 4.79 Å². The predicted molar refractivity (Wildman–Crippen MR) is 112 cm³/mol. The number of amides is 2. The minimum atomic E-state index is -1.19. The van der Waals surface area contributed by atoms with Crippen molar-refractivity contribution < 1.29 is 19.5 Å². The van der Waals surface area contributed by atoms with Crippen LogP contribution in [0, 0.1) is 6.92 Å². The summed E-state index contributed by atoms with van der Waals surface area (Å²) < 4.78 is 0. The van der Waals surface area contributed by atoms with Crippen molar-refractivity contribution in [2.75, 3.05) is 10.6 Å². The summed E-state index contributed by atoms with van der Waals surface area (Å²) in [6.07, 6.45) is 0. The molecule has 7 heteroatoms. The molecular formula is C22H17ClN2O4. The molecule has 0 saturated heterocycles. The van der Waals surface area contributed by atoms with E-state index in [4.69, 9.17) is 11.6 Å². The van der Waals surface area contributed by atoms with Crippen molar-refractivity contribution in [2.45, 2.75) is 6.92 Å². The molecule has 0 radical (unpaired) electrons. The Morgan fingerprint density at radius 2 is 1.55 bits per heavy atom. The summed E-state index contributed by atoms with van der Waals surface area (Å²) in [6.45, 7) is 1.85. The van der Waals surface area contributed by atoms with Crippen molar-refractivity contribution in [1.82, 2.24) is 0 Å². The number of hydrogen-bond donors (Lipinski definition) is 3. The standard InChI is InChI=1S/C22H17ClN2O4/c1-13-9-10-15(23)12-19(13)25-20(26)14-5-4-6-16(11-14)24-21(27)17-7-2-3-8-18(17)22(28)29/h2-12H,1H3,(H,24,27)(H,25,26)(H,28,29). The van der Waals surface area contributed by atoms with Gasteiger partial charge < -0.3 is 15.7 Å². The van der Waals surface area contributed by atoms with Crippen LogP contribution in [0.3, 0.4) is 0 Å². The average Bonchev–Trinajstić information content (AvgIpc) is 2.70. The van der Waals surface area contributed by atoms with E-state index in [9.17, 15) is 19.5 Å². The first kappa shape index (κ1) is 20.1. The van der Waals surface area contributed by atoms with Crippen LogP contribution >= 0.6 is 11.6 Å². The fraction of sp³-hybridized carbons (Fsp3) is 0.0455. The number of hydrogen-bond acceptors (Lipinski definition) is 3. The SMILES string of the molecule is Cc1ccc(Cl)cc1NC(=O)c1cccc(NC(=O)c2ccccc2C(=O)O)c1. The minimum Gasteiger partial charge on any atom is -0.478 e. The van der Waals surface area contributed by atoms with E-state index in [1.165, 1.54) is 18.2 Å². The van der Waals surface area contributed by atoms with E-state index in [1.807, 2.05) is 6.92 Å². The number of carboxylic acids is 1. The summed E-state index contributed by atoms with van der Waals surface area (Å²) in [5, 5.41) is 15.2. The predicted octanol–water partition coefficient (Wildman–Crippen LogP) is 4.85. The molecule has 0 heterocycles. The molecular weight excluding hydrogens is 392 g/mol. The molecule has 3 rings (SSSR count). The fourth-order valence-corrected chi connectivity index (χ4v) is 2.90. The van der Waals surface area contributed by atoms with E-state index in [0.29, 0.717) is 22.0 Å². The minimum absolute atomic E-state index is 0.0319. The number of rotatable bonds is 5. The van der Waals surface area contributed by atoms with Crippen molar-refractivity contribution in [3.05, 3.63) is 94.0 Å². The number of halogens is 1. The van der Waals surface area contributed by atoms with Crippen molar-refractivity contribution in [3.63, 3.8) is 0 Å². The van der Waals surface area contributed by atoms with E-state index in [1.54, 1.807) is 48.5 Å². The van der Waals surface area contributed by atoms with Crippen molar-refractivity contribution in [2.24, 2.45) is 0 Å². The molecule has 0 aliphatic rings. The van der Waals surface area contributed by atoms with Crippen molar-refractivity contribution in [1.29, 1.82) is 0 Å². The molecule has 29 heavy (non-hydrogen) atoms. The van der Waals surface area contributed by atoms with Gasteiger partial charge in [-0.2, -0.15) is 0 Å². The van der Waals surface area contributed by atoms with Gasteiger partial charge in [-0.3, -0.25) is 9.59 Å². The lowest BCUT2D eigenvalue weighted by Gasteiger charge is -2.11. The number of aryl methyl sites for hydroxylation is 1. The van der Waals surface area contributed by atoms with Crippen LogP contribution < -0.4 is 10.6 Å². The second-order valence-electron chi connectivity index (χ2n) is 6.30. The Balaban J connectivity index is 1.79. The summed E-state index contributed by atoms with van der Waals surface area (Å²) in [7, 11) is 0. The molecule has 0 aliphatic carbocycles. The van der Waals surface area contributed by atoms with Gasteiger partial charge in [0.15, 0.2) is 0 Å². The molecule has 146 valence electrons. The highest BCUT2D eigenvalue weighted by atomic mass is 35.5. The third-order valence-corrected chi connectivity index (χ3v) is 4.47. The van der Waals surface area contributed by atoms with E-state index in [2.05, 4.69) is 10.6 Å². The molecule has 0 unspecified atom stereocenters. The fourth-order valence-electron chi connectivity index (χ4n) is 2.73. The first-order valence-corrected chi connectivity index (χ1v) is 9.04. The molecule has 3 aromatic carbocycles. The third-order valence-electron chi connectivity index (χ3n) is 4.23. The second-order valence-corrected chi connectivity index (χ2v) is 6.74. The van der Waals surface area contributed by atoms with Crippen LogP contribution in [-0.2, 0) is 0 Å². The third kappa shape index (κ3) is 4.80. The number of carbonyl (C=O) groups excluding carboxylic acids is 2. The van der Waals surface area contributed by atoms with Crippen molar-refractivity contribution >= 4 is 40.8 Å². The molecule has 0 fully saturated rings. The highest BCUT2D eigenvalue weighted by Crippen LogP contribution is 2.22. The Morgan fingerprint density at radius 3 is 2.28 bits per heavy atom. The van der Waals surface area contributed by atoms with Crippen molar-refractivity contribution in [3.8, 4) is 0 Å². The number of benzene rings is 3. The first-order chi connectivity index (χ1) is 13.8. The zero-order valence-corrected chi connectivity index (χ0v) is 16.2. The Morgan fingerprint density at radius 1 is 0.828 bits per heavy atom. The van der Waals surface area contributed by atoms with Crippen LogP contribution in [0.5, 0.6) is 0 Å². The van der Waals surface area contributed by atoms with Gasteiger partial charge in [0.05, 0.1) is 11.1 Å². The molecule has 0 bridgehead atoms. The summed E-state index contributed by atoms with van der Waals surface area (Å²) in [6, 6.07) is 17.5. The molecule has 0 spiro atoms. The Kier molecular flexibility index (Phi) is 5.95. The van der Waals surface area contributed by atoms with E-state index in [-0.39, 0.29) is 17.0 Å². The molecule has 6 nitrogen and oxygen atoms in total. The van der Waals surface area contributed by atoms with Crippen LogP contribution in [-0.4, -0.2) is 22.9 Å². The Labute approximate surface area is 172 Å². The molecule has 3 N–H and O–H groups in total. The molecule has 2 amide bonds. The Bertz CT molecular complexity index is 1110. The van der Waals surface area contributed by atoms with Gasteiger partial charge in [-0.1, -0.05) is 35.9 Å². The molecule has 3 aromatic rings. The zero-order chi connectivity index (χ0) is 21.0. The summed E-state index contributed by atoms with van der Waals surface area (Å²) in [5.41, 5.74) is 2.07. The number of anilines is 2. The molecule has 0 aliphatic heterocycles. The highest BCUT2D eigenvalue weighted by Gasteiger charge is 2.16. The van der Waals surface area contributed by atoms with Gasteiger partial charge in [-0.05, 0) is 55.0 Å². The lowest BCUT2D eigenvalue weighted by atomic mass is 10.1. The number of nitrogens with one attached hydrogen (secondary N) is 2. The van der Waals surface area contributed by atoms with E-state index < -0.39 is 11.9 Å². The summed E-state index contributed by atoms with van der Waals surface area (Å²) in [5.74, 6) is -2.13. The maximum atomic E-state index is 12.6. The smallest absolute Gasteiger partial charge is 0.336 e. The van der Waals surface area contributed by atoms with Crippen LogP contribution in [0.4, 0.5) is 11.4 Å². The molecule has 0 saturated carbocycles. The van der Waals surface area contributed by atoms with Gasteiger partial charge in [0.1, 0.15) is 0 Å². The maximum absolute atomic E-state index is 12.6. The zero-order valence-electron chi connectivity index (χ0n) is 15.4. The van der Waals surface area contributed by atoms with E-state index >= 15 is 0 Å². The van der Waals surface area contributed by atoms with Crippen LogP contribution in [0.1, 0.15) is 36.6 Å². The lowest BCUT2D eigenvalue weighted by Crippen LogP contribution is -2.17. The maximum Gasteiger partial charge on any atom is 0.336 e. The quantitative estimate of drug-likeness (QED) is 0.562. The molecule has 0 aromatic heterocycles. The van der Waals surface area contributed by atoms with Gasteiger partial charge in [0.2, 0.25) is 0 Å². The van der Waals surface area contributed by atoms with Gasteiger partial charge >= 0.3 is 5.97 Å². The normalized spacial score (nSPS) is 10.3. The number of carbonyl (C=O) groups is 3. The molecule has 0 atom stereocenters.